The third kappa shape index (κ3) is 3.31. The molecule has 4 nitrogen and oxygen atoms in total. The molecule has 1 fully saturated rings. The minimum atomic E-state index is -2.91. The predicted octanol–water partition coefficient (Wildman–Crippen LogP) is 2.80. The molecule has 2 heterocycles. The summed E-state index contributed by atoms with van der Waals surface area (Å²) in [6.45, 7) is 5.04. The Morgan fingerprint density at radius 2 is 2.05 bits per heavy atom. The zero-order valence-corrected chi connectivity index (χ0v) is 14.3. The zero-order valence-electron chi connectivity index (χ0n) is 12.7. The monoisotopic (exact) mass is 340 g/mol. The number of benzene rings is 1. The van der Waals surface area contributed by atoms with Crippen LogP contribution in [-0.2, 0) is 16.4 Å². The topological polar surface area (TPSA) is 42.3 Å². The van der Waals surface area contributed by atoms with Crippen molar-refractivity contribution in [2.24, 2.45) is 0 Å². The number of aromatic nitrogens is 1. The van der Waals surface area contributed by atoms with Crippen molar-refractivity contribution in [3.8, 4) is 0 Å². The van der Waals surface area contributed by atoms with Gasteiger partial charge in [-0.15, -0.1) is 0 Å². The summed E-state index contributed by atoms with van der Waals surface area (Å²) in [6, 6.07) is 7.97. The fraction of sp³-hybridized carbons (Fsp3) is 0.500. The number of nitrogens with zero attached hydrogens (tertiary/aromatic N) is 2. The van der Waals surface area contributed by atoms with Crippen molar-refractivity contribution < 1.29 is 8.42 Å². The predicted molar refractivity (Wildman–Crippen MR) is 91.3 cm³/mol. The lowest BCUT2D eigenvalue weighted by Gasteiger charge is -2.19. The van der Waals surface area contributed by atoms with E-state index in [9.17, 15) is 8.42 Å². The fourth-order valence-electron chi connectivity index (χ4n) is 2.95. The molecule has 1 aromatic carbocycles. The summed E-state index contributed by atoms with van der Waals surface area (Å²) in [5.41, 5.74) is 1.17. The first-order chi connectivity index (χ1) is 10.5. The molecular weight excluding hydrogens is 320 g/mol. The van der Waals surface area contributed by atoms with Gasteiger partial charge in [0.15, 0.2) is 9.84 Å². The van der Waals surface area contributed by atoms with E-state index >= 15 is 0 Å². The number of halogens is 1. The van der Waals surface area contributed by atoms with Gasteiger partial charge in [-0.1, -0.05) is 11.6 Å². The van der Waals surface area contributed by atoms with Crippen molar-refractivity contribution in [1.29, 1.82) is 0 Å². The van der Waals surface area contributed by atoms with Crippen molar-refractivity contribution in [2.45, 2.75) is 25.1 Å². The maximum atomic E-state index is 11.9. The Morgan fingerprint density at radius 1 is 1.23 bits per heavy atom. The van der Waals surface area contributed by atoms with Crippen LogP contribution in [-0.4, -0.2) is 48.5 Å². The standard InChI is InChI=1S/C16H21ClN2O2S/c1-13-4-6-18(10-11-22(13,20)21)8-9-19-7-5-14-12-15(17)2-3-16(14)19/h2-3,5,7,12-13H,4,6,8-11H2,1H3. The van der Waals surface area contributed by atoms with Crippen LogP contribution < -0.4 is 0 Å². The van der Waals surface area contributed by atoms with E-state index in [0.717, 1.165) is 36.5 Å². The van der Waals surface area contributed by atoms with Crippen molar-refractivity contribution in [2.75, 3.05) is 25.4 Å². The second kappa shape index (κ2) is 6.22. The molecule has 1 atom stereocenters. The molecule has 0 spiro atoms. The summed E-state index contributed by atoms with van der Waals surface area (Å²) >= 11 is 6.01. The van der Waals surface area contributed by atoms with Crippen LogP contribution in [0.1, 0.15) is 13.3 Å². The third-order valence-corrected chi connectivity index (χ3v) is 7.00. The van der Waals surface area contributed by atoms with Gasteiger partial charge in [-0.25, -0.2) is 8.42 Å². The number of sulfone groups is 1. The molecule has 120 valence electrons. The first-order valence-corrected chi connectivity index (χ1v) is 9.73. The third-order valence-electron chi connectivity index (χ3n) is 4.55. The minimum Gasteiger partial charge on any atom is -0.346 e. The molecule has 1 unspecified atom stereocenters. The van der Waals surface area contributed by atoms with Crippen molar-refractivity contribution in [3.63, 3.8) is 0 Å². The maximum absolute atomic E-state index is 11.9. The summed E-state index contributed by atoms with van der Waals surface area (Å²) < 4.78 is 26.1. The summed E-state index contributed by atoms with van der Waals surface area (Å²) in [4.78, 5) is 2.25. The molecule has 0 aliphatic carbocycles. The molecule has 6 heteroatoms. The minimum absolute atomic E-state index is 0.216. The summed E-state index contributed by atoms with van der Waals surface area (Å²) in [5, 5.41) is 1.67. The van der Waals surface area contributed by atoms with Gasteiger partial charge in [-0.05, 0) is 44.2 Å². The van der Waals surface area contributed by atoms with Crippen molar-refractivity contribution in [3.05, 3.63) is 35.5 Å². The van der Waals surface area contributed by atoms with Crippen molar-refractivity contribution in [1.82, 2.24) is 9.47 Å². The van der Waals surface area contributed by atoms with Gasteiger partial charge in [0.25, 0.3) is 0 Å². The fourth-order valence-corrected chi connectivity index (χ4v) is 4.51. The zero-order chi connectivity index (χ0) is 15.7. The van der Waals surface area contributed by atoms with Crippen LogP contribution >= 0.6 is 11.6 Å². The first kappa shape index (κ1) is 15.8. The van der Waals surface area contributed by atoms with E-state index in [-0.39, 0.29) is 11.0 Å². The molecule has 1 aliphatic heterocycles. The first-order valence-electron chi connectivity index (χ1n) is 7.64. The van der Waals surface area contributed by atoms with E-state index in [1.54, 1.807) is 0 Å². The highest BCUT2D eigenvalue weighted by molar-refractivity contribution is 7.92. The van der Waals surface area contributed by atoms with Gasteiger partial charge in [0, 0.05) is 41.8 Å². The molecule has 0 radical (unpaired) electrons. The van der Waals surface area contributed by atoms with Crippen LogP contribution in [0.15, 0.2) is 30.5 Å². The van der Waals surface area contributed by atoms with E-state index in [1.807, 2.05) is 25.1 Å². The Labute approximate surface area is 136 Å². The van der Waals surface area contributed by atoms with Gasteiger partial charge in [0.2, 0.25) is 0 Å². The summed E-state index contributed by atoms with van der Waals surface area (Å²) in [5.74, 6) is 0.274. The SMILES string of the molecule is CC1CCN(CCn2ccc3cc(Cl)ccc32)CCS1(=O)=O. The van der Waals surface area contributed by atoms with Gasteiger partial charge >= 0.3 is 0 Å². The normalized spacial score (nSPS) is 22.7. The van der Waals surface area contributed by atoms with E-state index in [0.29, 0.717) is 6.54 Å². The van der Waals surface area contributed by atoms with Crippen LogP contribution in [0.25, 0.3) is 10.9 Å². The highest BCUT2D eigenvalue weighted by Gasteiger charge is 2.25. The van der Waals surface area contributed by atoms with Crippen LogP contribution in [0.4, 0.5) is 0 Å². The van der Waals surface area contributed by atoms with Crippen LogP contribution in [0.2, 0.25) is 5.02 Å². The molecule has 0 N–H and O–H groups in total. The van der Waals surface area contributed by atoms with Crippen molar-refractivity contribution >= 4 is 32.3 Å². The second-order valence-electron chi connectivity index (χ2n) is 6.02. The number of hydrogen-bond donors (Lipinski definition) is 0. The highest BCUT2D eigenvalue weighted by atomic mass is 35.5. The number of rotatable bonds is 3. The molecule has 22 heavy (non-hydrogen) atoms. The molecule has 3 rings (SSSR count). The molecule has 1 aromatic heterocycles. The Bertz CT molecular complexity index is 770. The Hall–Kier alpha value is -1.04. The van der Waals surface area contributed by atoms with Crippen LogP contribution in [0, 0.1) is 0 Å². The van der Waals surface area contributed by atoms with Gasteiger partial charge in [0.1, 0.15) is 0 Å². The summed E-state index contributed by atoms with van der Waals surface area (Å²) in [7, 11) is -2.91. The average Bonchev–Trinajstić information content (AvgIpc) is 2.82. The number of hydrogen-bond acceptors (Lipinski definition) is 3. The second-order valence-corrected chi connectivity index (χ2v) is 9.00. The highest BCUT2D eigenvalue weighted by Crippen LogP contribution is 2.20. The van der Waals surface area contributed by atoms with Gasteiger partial charge < -0.3 is 9.47 Å². The molecule has 2 aromatic rings. The Morgan fingerprint density at radius 3 is 2.86 bits per heavy atom. The van der Waals surface area contributed by atoms with Gasteiger partial charge in [-0.2, -0.15) is 0 Å². The largest absolute Gasteiger partial charge is 0.346 e. The quantitative estimate of drug-likeness (QED) is 0.862. The summed E-state index contributed by atoms with van der Waals surface area (Å²) in [6.07, 6.45) is 2.79. The average molecular weight is 341 g/mol. The van der Waals surface area contributed by atoms with Gasteiger partial charge in [-0.3, -0.25) is 0 Å². The van der Waals surface area contributed by atoms with E-state index in [4.69, 9.17) is 11.6 Å². The maximum Gasteiger partial charge on any atom is 0.154 e. The Kier molecular flexibility index (Phi) is 4.48. The lowest BCUT2D eigenvalue weighted by Crippen LogP contribution is -2.30. The number of fused-ring (bicyclic) bond motifs is 1. The lowest BCUT2D eigenvalue weighted by molar-refractivity contribution is 0.281. The van der Waals surface area contributed by atoms with Crippen LogP contribution in [0.5, 0.6) is 0 Å². The van der Waals surface area contributed by atoms with E-state index in [2.05, 4.69) is 21.7 Å². The smallest absolute Gasteiger partial charge is 0.154 e. The van der Waals surface area contributed by atoms with E-state index < -0.39 is 9.84 Å². The molecule has 0 saturated carbocycles. The lowest BCUT2D eigenvalue weighted by atomic mass is 10.2. The Balaban J connectivity index is 1.67. The molecule has 1 aliphatic rings. The molecule has 1 saturated heterocycles. The molecule has 0 bridgehead atoms. The molecule has 0 amide bonds. The van der Waals surface area contributed by atoms with Gasteiger partial charge in [0.05, 0.1) is 11.0 Å². The van der Waals surface area contributed by atoms with E-state index in [1.165, 1.54) is 5.52 Å². The molecular formula is C16H21ClN2O2S. The van der Waals surface area contributed by atoms with Crippen LogP contribution in [0.3, 0.4) is 0 Å².